The minimum absolute atomic E-state index is 0.214. The lowest BCUT2D eigenvalue weighted by Crippen LogP contribution is -2.48. The fourth-order valence-electron chi connectivity index (χ4n) is 3.10. The molecular weight excluding hydrogens is 355 g/mol. The van der Waals surface area contributed by atoms with E-state index >= 15 is 0 Å². The second-order valence-corrected chi connectivity index (χ2v) is 7.22. The molecule has 25 heavy (non-hydrogen) atoms. The van der Waals surface area contributed by atoms with E-state index in [1.807, 2.05) is 41.3 Å². The third-order valence-corrected chi connectivity index (χ3v) is 5.23. The molecule has 1 fully saturated rings. The largest absolute Gasteiger partial charge is 0.340 e. The van der Waals surface area contributed by atoms with Gasteiger partial charge in [-0.05, 0) is 35.7 Å². The number of hydrogen-bond acceptors (Lipinski definition) is 2. The minimum atomic E-state index is 0.214. The van der Waals surface area contributed by atoms with Gasteiger partial charge in [0.05, 0.1) is 0 Å². The Hall–Kier alpha value is -1.55. The lowest BCUT2D eigenvalue weighted by Gasteiger charge is -2.35. The molecule has 0 spiro atoms. The van der Waals surface area contributed by atoms with Crippen molar-refractivity contribution >= 4 is 29.1 Å². The van der Waals surface area contributed by atoms with Crippen molar-refractivity contribution in [3.8, 4) is 0 Å². The summed E-state index contributed by atoms with van der Waals surface area (Å²) in [6.45, 7) is 4.28. The van der Waals surface area contributed by atoms with Gasteiger partial charge in [-0.25, -0.2) is 0 Å². The molecule has 0 saturated carbocycles. The summed E-state index contributed by atoms with van der Waals surface area (Å²) in [6, 6.07) is 15.7. The Kier molecular flexibility index (Phi) is 6.35. The van der Waals surface area contributed by atoms with E-state index in [4.69, 9.17) is 23.2 Å². The van der Waals surface area contributed by atoms with Crippen molar-refractivity contribution in [3.05, 3.63) is 69.7 Å². The Labute approximate surface area is 159 Å². The second kappa shape index (κ2) is 8.70. The average Bonchev–Trinajstić information content (AvgIpc) is 2.63. The van der Waals surface area contributed by atoms with Crippen molar-refractivity contribution in [2.75, 3.05) is 26.2 Å². The van der Waals surface area contributed by atoms with Gasteiger partial charge in [0.15, 0.2) is 0 Å². The molecule has 2 aromatic rings. The van der Waals surface area contributed by atoms with Gasteiger partial charge in [-0.2, -0.15) is 0 Å². The summed E-state index contributed by atoms with van der Waals surface area (Å²) >= 11 is 12.1. The van der Waals surface area contributed by atoms with Crippen LogP contribution in [0.15, 0.2) is 48.5 Å². The van der Waals surface area contributed by atoms with E-state index in [2.05, 4.69) is 17.0 Å². The molecule has 0 radical (unpaired) electrons. The van der Waals surface area contributed by atoms with Gasteiger partial charge in [0.1, 0.15) is 0 Å². The minimum Gasteiger partial charge on any atom is -0.340 e. The molecule has 0 aromatic heterocycles. The summed E-state index contributed by atoms with van der Waals surface area (Å²) in [7, 11) is 0. The number of hydrogen-bond donors (Lipinski definition) is 0. The van der Waals surface area contributed by atoms with E-state index in [-0.39, 0.29) is 5.91 Å². The fraction of sp³-hybridized carbons (Fsp3) is 0.350. The third kappa shape index (κ3) is 5.21. The van der Waals surface area contributed by atoms with Crippen LogP contribution in [0.2, 0.25) is 10.0 Å². The van der Waals surface area contributed by atoms with Crippen molar-refractivity contribution in [1.29, 1.82) is 0 Å². The molecule has 5 heteroatoms. The summed E-state index contributed by atoms with van der Waals surface area (Å²) in [5.74, 6) is 0.214. The lowest BCUT2D eigenvalue weighted by molar-refractivity contribution is -0.133. The van der Waals surface area contributed by atoms with Crippen LogP contribution in [0.1, 0.15) is 17.5 Å². The van der Waals surface area contributed by atoms with E-state index in [0.717, 1.165) is 48.3 Å². The van der Waals surface area contributed by atoms with Gasteiger partial charge < -0.3 is 4.90 Å². The van der Waals surface area contributed by atoms with Crippen molar-refractivity contribution < 1.29 is 4.79 Å². The molecule has 1 aliphatic heterocycles. The highest BCUT2D eigenvalue weighted by atomic mass is 35.5. The van der Waals surface area contributed by atoms with Crippen LogP contribution in [0.25, 0.3) is 0 Å². The Bertz CT molecular complexity index is 710. The summed E-state index contributed by atoms with van der Waals surface area (Å²) in [4.78, 5) is 16.8. The molecule has 3 nitrogen and oxygen atoms in total. The summed E-state index contributed by atoms with van der Waals surface area (Å²) in [5, 5.41) is 1.50. The molecule has 0 atom stereocenters. The number of rotatable bonds is 5. The normalized spacial score (nSPS) is 15.4. The first-order valence-corrected chi connectivity index (χ1v) is 9.35. The number of carbonyl (C=O) groups excluding carboxylic acids is 1. The highest BCUT2D eigenvalue weighted by molar-refractivity contribution is 6.31. The number of amides is 1. The third-order valence-electron chi connectivity index (χ3n) is 4.61. The molecule has 2 aromatic carbocycles. The van der Waals surface area contributed by atoms with Gasteiger partial charge in [0.2, 0.25) is 5.91 Å². The maximum atomic E-state index is 12.4. The lowest BCUT2D eigenvalue weighted by atomic mass is 10.1. The average molecular weight is 377 g/mol. The van der Waals surface area contributed by atoms with Crippen LogP contribution in [-0.2, 0) is 17.8 Å². The molecule has 3 rings (SSSR count). The first-order valence-electron chi connectivity index (χ1n) is 8.60. The van der Waals surface area contributed by atoms with Gasteiger partial charge in [-0.1, -0.05) is 53.5 Å². The van der Waals surface area contributed by atoms with Crippen molar-refractivity contribution in [2.45, 2.75) is 19.4 Å². The molecule has 0 bridgehead atoms. The number of halogens is 2. The van der Waals surface area contributed by atoms with Gasteiger partial charge in [-0.3, -0.25) is 9.69 Å². The molecule has 1 aliphatic rings. The molecule has 0 unspecified atom stereocenters. The standard InChI is InChI=1S/C20H22Cl2N2O/c21-18-8-5-16(6-9-18)15-23-11-13-24(14-12-23)20(25)10-7-17-3-1-2-4-19(17)22/h1-6,8-9H,7,10-15H2. The predicted octanol–water partition coefficient (Wildman–Crippen LogP) is 4.27. The zero-order chi connectivity index (χ0) is 17.6. The number of piperazine rings is 1. The Morgan fingerprint density at radius 2 is 1.60 bits per heavy atom. The first-order chi connectivity index (χ1) is 12.1. The summed E-state index contributed by atoms with van der Waals surface area (Å²) in [6.07, 6.45) is 1.21. The second-order valence-electron chi connectivity index (χ2n) is 6.37. The van der Waals surface area contributed by atoms with E-state index < -0.39 is 0 Å². The molecule has 0 aliphatic carbocycles. The van der Waals surface area contributed by atoms with Crippen molar-refractivity contribution in [2.24, 2.45) is 0 Å². The molecule has 1 saturated heterocycles. The molecule has 1 heterocycles. The number of aryl methyl sites for hydroxylation is 1. The quantitative estimate of drug-likeness (QED) is 0.777. The first kappa shape index (κ1) is 18.2. The smallest absolute Gasteiger partial charge is 0.222 e. The molecule has 1 amide bonds. The van der Waals surface area contributed by atoms with E-state index in [0.29, 0.717) is 12.8 Å². The van der Waals surface area contributed by atoms with E-state index in [1.165, 1.54) is 5.56 Å². The van der Waals surface area contributed by atoms with Gasteiger partial charge in [0.25, 0.3) is 0 Å². The zero-order valence-electron chi connectivity index (χ0n) is 14.1. The van der Waals surface area contributed by atoms with Gasteiger partial charge in [0, 0.05) is 49.2 Å². The summed E-state index contributed by atoms with van der Waals surface area (Å²) in [5.41, 5.74) is 2.29. The van der Waals surface area contributed by atoms with Crippen molar-refractivity contribution in [1.82, 2.24) is 9.80 Å². The molecular formula is C20H22Cl2N2O. The highest BCUT2D eigenvalue weighted by Crippen LogP contribution is 2.18. The Balaban J connectivity index is 1.44. The van der Waals surface area contributed by atoms with Crippen LogP contribution in [-0.4, -0.2) is 41.9 Å². The SMILES string of the molecule is O=C(CCc1ccccc1Cl)N1CCN(Cc2ccc(Cl)cc2)CC1. The van der Waals surface area contributed by atoms with Gasteiger partial charge in [-0.15, -0.1) is 0 Å². The highest BCUT2D eigenvalue weighted by Gasteiger charge is 2.21. The van der Waals surface area contributed by atoms with Crippen molar-refractivity contribution in [3.63, 3.8) is 0 Å². The zero-order valence-corrected chi connectivity index (χ0v) is 15.6. The monoisotopic (exact) mass is 376 g/mol. The number of benzene rings is 2. The Morgan fingerprint density at radius 3 is 2.28 bits per heavy atom. The maximum Gasteiger partial charge on any atom is 0.222 e. The Morgan fingerprint density at radius 1 is 0.920 bits per heavy atom. The van der Waals surface area contributed by atoms with Crippen LogP contribution in [0.5, 0.6) is 0 Å². The maximum absolute atomic E-state index is 12.4. The van der Waals surface area contributed by atoms with Gasteiger partial charge >= 0.3 is 0 Å². The van der Waals surface area contributed by atoms with E-state index in [9.17, 15) is 4.79 Å². The van der Waals surface area contributed by atoms with Crippen LogP contribution in [0, 0.1) is 0 Å². The predicted molar refractivity (Wildman–Crippen MR) is 103 cm³/mol. The summed E-state index contributed by atoms with van der Waals surface area (Å²) < 4.78 is 0. The van der Waals surface area contributed by atoms with Crippen LogP contribution < -0.4 is 0 Å². The van der Waals surface area contributed by atoms with Crippen LogP contribution >= 0.6 is 23.2 Å². The fourth-order valence-corrected chi connectivity index (χ4v) is 3.46. The molecule has 0 N–H and O–H groups in total. The van der Waals surface area contributed by atoms with Crippen LogP contribution in [0.4, 0.5) is 0 Å². The number of carbonyl (C=O) groups is 1. The topological polar surface area (TPSA) is 23.6 Å². The number of nitrogens with zero attached hydrogens (tertiary/aromatic N) is 2. The van der Waals surface area contributed by atoms with E-state index in [1.54, 1.807) is 0 Å². The van der Waals surface area contributed by atoms with Crippen LogP contribution in [0.3, 0.4) is 0 Å². The molecule has 132 valence electrons.